The number of aromatic amines is 1. The van der Waals surface area contributed by atoms with Crippen molar-refractivity contribution in [2.45, 2.75) is 0 Å². The molecule has 2 nitrogen and oxygen atoms in total. The van der Waals surface area contributed by atoms with Crippen LogP contribution < -0.4 is 0 Å². The predicted octanol–water partition coefficient (Wildman–Crippen LogP) is 5.01. The zero-order valence-corrected chi connectivity index (χ0v) is 12.5. The maximum atomic E-state index is 13.9. The first-order chi connectivity index (χ1) is 9.90. The lowest BCUT2D eigenvalue weighted by Gasteiger charge is -2.07. The third kappa shape index (κ3) is 2.18. The molecule has 0 aliphatic rings. The standard InChI is InChI=1S/C13H5BrF4N2S/c14-5-3-8-10(4-7(5)16)20(13(21)19-8)9-2-1-6(15)11(17)12(9)18/h1-4H,(H,19,21). The molecule has 0 saturated heterocycles. The molecule has 3 rings (SSSR count). The Morgan fingerprint density at radius 1 is 1.00 bits per heavy atom. The molecule has 0 fully saturated rings. The fraction of sp³-hybridized carbons (Fsp3) is 0. The Morgan fingerprint density at radius 3 is 2.43 bits per heavy atom. The van der Waals surface area contributed by atoms with Crippen LogP contribution in [0.3, 0.4) is 0 Å². The molecule has 8 heteroatoms. The van der Waals surface area contributed by atoms with E-state index < -0.39 is 23.3 Å². The molecule has 0 unspecified atom stereocenters. The van der Waals surface area contributed by atoms with Gasteiger partial charge < -0.3 is 4.98 Å². The van der Waals surface area contributed by atoms with E-state index in [2.05, 4.69) is 20.9 Å². The summed E-state index contributed by atoms with van der Waals surface area (Å²) in [5.41, 5.74) is 0.342. The monoisotopic (exact) mass is 376 g/mol. The van der Waals surface area contributed by atoms with Gasteiger partial charge in [-0.05, 0) is 46.3 Å². The van der Waals surface area contributed by atoms with Crippen molar-refractivity contribution in [1.29, 1.82) is 0 Å². The maximum Gasteiger partial charge on any atom is 0.196 e. The Balaban J connectivity index is 2.41. The topological polar surface area (TPSA) is 20.7 Å². The molecule has 0 bridgehead atoms. The Bertz CT molecular complexity index is 932. The third-order valence-electron chi connectivity index (χ3n) is 2.98. The van der Waals surface area contributed by atoms with Crippen LogP contribution in [0, 0.1) is 28.0 Å². The second-order valence-electron chi connectivity index (χ2n) is 4.24. The van der Waals surface area contributed by atoms with Crippen molar-refractivity contribution in [1.82, 2.24) is 9.55 Å². The number of aromatic nitrogens is 2. The van der Waals surface area contributed by atoms with Gasteiger partial charge in [0.2, 0.25) is 0 Å². The van der Waals surface area contributed by atoms with Crippen molar-refractivity contribution in [2.75, 3.05) is 0 Å². The average Bonchev–Trinajstić information content (AvgIpc) is 2.73. The minimum atomic E-state index is -1.61. The van der Waals surface area contributed by atoms with E-state index in [4.69, 9.17) is 12.2 Å². The largest absolute Gasteiger partial charge is 0.330 e. The third-order valence-corrected chi connectivity index (χ3v) is 3.87. The van der Waals surface area contributed by atoms with Gasteiger partial charge in [-0.1, -0.05) is 0 Å². The molecule has 0 amide bonds. The van der Waals surface area contributed by atoms with E-state index in [0.29, 0.717) is 5.52 Å². The van der Waals surface area contributed by atoms with Gasteiger partial charge in [-0.3, -0.25) is 4.57 Å². The van der Waals surface area contributed by atoms with Crippen molar-refractivity contribution in [2.24, 2.45) is 0 Å². The number of H-pyrrole nitrogens is 1. The van der Waals surface area contributed by atoms with Gasteiger partial charge in [0.25, 0.3) is 0 Å². The molecule has 21 heavy (non-hydrogen) atoms. The van der Waals surface area contributed by atoms with E-state index in [9.17, 15) is 17.6 Å². The summed E-state index contributed by atoms with van der Waals surface area (Å²) in [5, 5.41) is 0. The summed E-state index contributed by atoms with van der Waals surface area (Å²) in [4.78, 5) is 2.75. The summed E-state index contributed by atoms with van der Waals surface area (Å²) in [6.07, 6.45) is 0. The van der Waals surface area contributed by atoms with Crippen molar-refractivity contribution in [3.63, 3.8) is 0 Å². The zero-order chi connectivity index (χ0) is 15.3. The highest BCUT2D eigenvalue weighted by atomic mass is 79.9. The number of nitrogens with zero attached hydrogens (tertiary/aromatic N) is 1. The number of rotatable bonds is 1. The van der Waals surface area contributed by atoms with Crippen LogP contribution in [0.15, 0.2) is 28.7 Å². The zero-order valence-electron chi connectivity index (χ0n) is 10.1. The molecule has 0 radical (unpaired) electrons. The van der Waals surface area contributed by atoms with Crippen LogP contribution in [0.5, 0.6) is 0 Å². The number of imidazole rings is 1. The summed E-state index contributed by atoms with van der Waals surface area (Å²) in [6, 6.07) is 4.36. The van der Waals surface area contributed by atoms with Crippen LogP contribution in [0.1, 0.15) is 0 Å². The lowest BCUT2D eigenvalue weighted by molar-refractivity contribution is 0.445. The fourth-order valence-electron chi connectivity index (χ4n) is 2.03. The summed E-state index contributed by atoms with van der Waals surface area (Å²) in [7, 11) is 0. The van der Waals surface area contributed by atoms with Crippen LogP contribution >= 0.6 is 28.1 Å². The Morgan fingerprint density at radius 2 is 1.71 bits per heavy atom. The number of hydrogen-bond donors (Lipinski definition) is 1. The van der Waals surface area contributed by atoms with E-state index >= 15 is 0 Å². The normalized spacial score (nSPS) is 11.3. The highest BCUT2D eigenvalue weighted by molar-refractivity contribution is 9.10. The minimum absolute atomic E-state index is 0.0346. The van der Waals surface area contributed by atoms with E-state index in [1.165, 1.54) is 6.07 Å². The van der Waals surface area contributed by atoms with Crippen molar-refractivity contribution in [3.8, 4) is 5.69 Å². The van der Waals surface area contributed by atoms with Crippen LogP contribution in [-0.4, -0.2) is 9.55 Å². The van der Waals surface area contributed by atoms with Gasteiger partial charge >= 0.3 is 0 Å². The first-order valence-corrected chi connectivity index (χ1v) is 6.84. The van der Waals surface area contributed by atoms with Crippen LogP contribution in [0.4, 0.5) is 17.6 Å². The van der Waals surface area contributed by atoms with Crippen LogP contribution in [0.25, 0.3) is 16.7 Å². The molecule has 0 saturated carbocycles. The van der Waals surface area contributed by atoms with Crippen LogP contribution in [0.2, 0.25) is 0 Å². The molecule has 1 heterocycles. The molecule has 108 valence electrons. The van der Waals surface area contributed by atoms with E-state index in [1.807, 2.05) is 0 Å². The number of hydrogen-bond acceptors (Lipinski definition) is 1. The molecule has 0 atom stereocenters. The van der Waals surface area contributed by atoms with Gasteiger partial charge in [0.05, 0.1) is 21.2 Å². The average molecular weight is 377 g/mol. The van der Waals surface area contributed by atoms with Crippen molar-refractivity contribution in [3.05, 3.63) is 56.8 Å². The van der Waals surface area contributed by atoms with Crippen LogP contribution in [-0.2, 0) is 0 Å². The SMILES string of the molecule is Fc1cc2c(cc1Br)[nH]c(=S)n2-c1ccc(F)c(F)c1F. The van der Waals surface area contributed by atoms with Gasteiger partial charge in [0, 0.05) is 6.07 Å². The molecule has 1 aromatic heterocycles. The fourth-order valence-corrected chi connectivity index (χ4v) is 2.68. The van der Waals surface area contributed by atoms with Gasteiger partial charge in [-0.15, -0.1) is 0 Å². The smallest absolute Gasteiger partial charge is 0.196 e. The quantitative estimate of drug-likeness (QED) is 0.359. The van der Waals surface area contributed by atoms with E-state index in [0.717, 1.165) is 22.8 Å². The highest BCUT2D eigenvalue weighted by Crippen LogP contribution is 2.27. The van der Waals surface area contributed by atoms with E-state index in [-0.39, 0.29) is 20.4 Å². The second-order valence-corrected chi connectivity index (χ2v) is 5.48. The summed E-state index contributed by atoms with van der Waals surface area (Å²) < 4.78 is 55.3. The molecular formula is C13H5BrF4N2S. The molecular weight excluding hydrogens is 372 g/mol. The molecule has 0 aliphatic heterocycles. The first kappa shape index (κ1) is 14.3. The summed E-state index contributed by atoms with van der Waals surface area (Å²) >= 11 is 8.06. The van der Waals surface area contributed by atoms with Crippen molar-refractivity contribution < 1.29 is 17.6 Å². The molecule has 3 aromatic rings. The van der Waals surface area contributed by atoms with Gasteiger partial charge in [-0.25, -0.2) is 17.6 Å². The molecule has 0 spiro atoms. The highest BCUT2D eigenvalue weighted by Gasteiger charge is 2.18. The van der Waals surface area contributed by atoms with Gasteiger partial charge in [0.1, 0.15) is 5.82 Å². The number of nitrogens with one attached hydrogen (secondary N) is 1. The number of fused-ring (bicyclic) bond motifs is 1. The Hall–Kier alpha value is -1.67. The molecule has 1 N–H and O–H groups in total. The summed E-state index contributed by atoms with van der Waals surface area (Å²) in [5.74, 6) is -4.90. The predicted molar refractivity (Wildman–Crippen MR) is 76.0 cm³/mol. The minimum Gasteiger partial charge on any atom is -0.330 e. The van der Waals surface area contributed by atoms with E-state index in [1.54, 1.807) is 0 Å². The number of halogens is 5. The Kier molecular flexibility index (Phi) is 3.37. The lowest BCUT2D eigenvalue weighted by Crippen LogP contribution is -2.02. The maximum absolute atomic E-state index is 13.9. The molecule has 2 aromatic carbocycles. The van der Waals surface area contributed by atoms with Gasteiger partial charge in [0.15, 0.2) is 22.2 Å². The second kappa shape index (κ2) is 4.96. The van der Waals surface area contributed by atoms with Crippen molar-refractivity contribution >= 4 is 39.2 Å². The number of benzene rings is 2. The van der Waals surface area contributed by atoms with Gasteiger partial charge in [-0.2, -0.15) is 0 Å². The first-order valence-electron chi connectivity index (χ1n) is 5.64. The summed E-state index contributed by atoms with van der Waals surface area (Å²) in [6.45, 7) is 0. The lowest BCUT2D eigenvalue weighted by atomic mass is 10.2. The molecule has 0 aliphatic carbocycles. The Labute approximate surface area is 129 Å².